The van der Waals surface area contributed by atoms with Crippen molar-refractivity contribution in [3.05, 3.63) is 53.6 Å². The number of benzene rings is 1. The predicted octanol–water partition coefficient (Wildman–Crippen LogP) is 3.58. The van der Waals surface area contributed by atoms with Crippen molar-refractivity contribution in [2.24, 2.45) is 35.5 Å². The Morgan fingerprint density at radius 3 is 1.83 bits per heavy atom. The van der Waals surface area contributed by atoms with Crippen molar-refractivity contribution >= 4 is 17.5 Å². The van der Waals surface area contributed by atoms with Gasteiger partial charge in [-0.15, -0.1) is 0 Å². The number of anilines is 1. The number of para-hydroxylation sites is 1. The van der Waals surface area contributed by atoms with Gasteiger partial charge in [-0.05, 0) is 42.2 Å². The van der Waals surface area contributed by atoms with Crippen LogP contribution in [0.25, 0.3) is 0 Å². The minimum atomic E-state index is -0.195. The first-order chi connectivity index (χ1) is 11.6. The second-order valence-electron chi connectivity index (χ2n) is 7.72. The van der Waals surface area contributed by atoms with E-state index in [1.807, 2.05) is 30.3 Å². The van der Waals surface area contributed by atoms with Gasteiger partial charge in [0.2, 0.25) is 11.8 Å². The lowest BCUT2D eigenvalue weighted by Crippen LogP contribution is -2.37. The summed E-state index contributed by atoms with van der Waals surface area (Å²) in [5.41, 5.74) is 3.64. The fourth-order valence-corrected chi connectivity index (χ4v) is 5.77. The number of carbonyl (C=O) groups excluding carboxylic acids is 2. The number of nitrogens with zero attached hydrogens (tertiary/aromatic N) is 1. The van der Waals surface area contributed by atoms with Gasteiger partial charge in [-0.3, -0.25) is 14.5 Å². The minimum Gasteiger partial charge on any atom is -0.274 e. The summed E-state index contributed by atoms with van der Waals surface area (Å²) in [5, 5.41) is 0. The first kappa shape index (κ1) is 14.2. The van der Waals surface area contributed by atoms with E-state index in [0.717, 1.165) is 6.42 Å². The molecule has 1 saturated heterocycles. The maximum Gasteiger partial charge on any atom is 0.238 e. The molecule has 1 aliphatic heterocycles. The molecule has 2 bridgehead atoms. The minimum absolute atomic E-state index is 0.00569. The van der Waals surface area contributed by atoms with Crippen LogP contribution in [0.2, 0.25) is 0 Å². The Hall–Kier alpha value is -2.16. The van der Waals surface area contributed by atoms with E-state index in [9.17, 15) is 9.59 Å². The van der Waals surface area contributed by atoms with Crippen LogP contribution in [0.1, 0.15) is 20.3 Å². The molecule has 6 atom stereocenters. The van der Waals surface area contributed by atoms with Crippen LogP contribution in [0.4, 0.5) is 5.69 Å². The van der Waals surface area contributed by atoms with Crippen LogP contribution < -0.4 is 4.90 Å². The van der Waals surface area contributed by atoms with Gasteiger partial charge in [0.05, 0.1) is 17.5 Å². The van der Waals surface area contributed by atoms with Gasteiger partial charge in [0, 0.05) is 0 Å². The maximum absolute atomic E-state index is 13.2. The molecule has 0 saturated carbocycles. The molecule has 0 radical (unpaired) electrons. The Morgan fingerprint density at radius 1 is 0.833 bits per heavy atom. The Bertz CT molecular complexity index is 760. The van der Waals surface area contributed by atoms with E-state index >= 15 is 0 Å². The number of allylic oxidation sites excluding steroid dienone is 4. The molecule has 0 spiro atoms. The third kappa shape index (κ3) is 1.58. The Morgan fingerprint density at radius 2 is 1.33 bits per heavy atom. The highest BCUT2D eigenvalue weighted by atomic mass is 16.2. The highest BCUT2D eigenvalue weighted by molar-refractivity contribution is 6.22. The van der Waals surface area contributed by atoms with E-state index in [2.05, 4.69) is 26.0 Å². The highest BCUT2D eigenvalue weighted by Gasteiger charge is 2.59. The predicted molar refractivity (Wildman–Crippen MR) is 92.0 cm³/mol. The molecular formula is C21H21NO2. The number of imide groups is 1. The van der Waals surface area contributed by atoms with Crippen LogP contribution >= 0.6 is 0 Å². The topological polar surface area (TPSA) is 37.4 Å². The molecule has 3 nitrogen and oxygen atoms in total. The average molecular weight is 319 g/mol. The van der Waals surface area contributed by atoms with Crippen molar-refractivity contribution in [3.63, 3.8) is 0 Å². The lowest BCUT2D eigenvalue weighted by Gasteiger charge is -2.38. The Balaban J connectivity index is 1.60. The van der Waals surface area contributed by atoms with Crippen LogP contribution in [-0.2, 0) is 9.59 Å². The van der Waals surface area contributed by atoms with Gasteiger partial charge in [-0.25, -0.2) is 0 Å². The number of rotatable bonds is 1. The van der Waals surface area contributed by atoms with Crippen LogP contribution in [0, 0.1) is 35.5 Å². The second-order valence-corrected chi connectivity index (χ2v) is 7.72. The zero-order valence-electron chi connectivity index (χ0n) is 14.0. The van der Waals surface area contributed by atoms with E-state index in [1.54, 1.807) is 0 Å². The number of hydrogen-bond acceptors (Lipinski definition) is 2. The molecule has 0 N–H and O–H groups in total. The van der Waals surface area contributed by atoms with Crippen LogP contribution in [-0.4, -0.2) is 11.8 Å². The quantitative estimate of drug-likeness (QED) is 0.586. The highest BCUT2D eigenvalue weighted by Crippen LogP contribution is 2.58. The third-order valence-electron chi connectivity index (χ3n) is 6.69. The smallest absolute Gasteiger partial charge is 0.238 e. The van der Waals surface area contributed by atoms with Crippen molar-refractivity contribution in [1.29, 1.82) is 0 Å². The number of carbonyl (C=O) groups is 2. The zero-order valence-corrected chi connectivity index (χ0v) is 14.0. The summed E-state index contributed by atoms with van der Waals surface area (Å²) in [6.45, 7) is 4.32. The van der Waals surface area contributed by atoms with Gasteiger partial charge in [0.1, 0.15) is 0 Å². The van der Waals surface area contributed by atoms with Crippen molar-refractivity contribution in [1.82, 2.24) is 0 Å². The van der Waals surface area contributed by atoms with E-state index in [0.29, 0.717) is 17.5 Å². The molecule has 3 aliphatic carbocycles. The maximum atomic E-state index is 13.2. The number of amides is 2. The Kier molecular flexibility index (Phi) is 2.77. The molecule has 24 heavy (non-hydrogen) atoms. The standard InChI is InChI=1S/C21H21NO2/c1-11-16-13-8-9-14(10-13)17(16)12(2)19-18(11)20(23)22(21(19)24)15-6-4-3-5-7-15/h3-9,11-14,18-19H,10H2,1-2H3/t11-,12+,13-,14-,18-,19+/m0/s1. The lowest BCUT2D eigenvalue weighted by atomic mass is 9.63. The lowest BCUT2D eigenvalue weighted by molar-refractivity contribution is -0.122. The molecule has 1 heterocycles. The molecule has 0 aromatic heterocycles. The Labute approximate surface area is 142 Å². The van der Waals surface area contributed by atoms with Gasteiger partial charge in [0.25, 0.3) is 0 Å². The number of hydrogen-bond donors (Lipinski definition) is 0. The molecule has 3 heteroatoms. The summed E-state index contributed by atoms with van der Waals surface area (Å²) < 4.78 is 0. The molecule has 0 unspecified atom stereocenters. The monoisotopic (exact) mass is 319 g/mol. The average Bonchev–Trinajstić information content (AvgIpc) is 3.26. The summed E-state index contributed by atoms with van der Waals surface area (Å²) in [6, 6.07) is 9.39. The summed E-state index contributed by atoms with van der Waals surface area (Å²) >= 11 is 0. The van der Waals surface area contributed by atoms with Crippen LogP contribution in [0.5, 0.6) is 0 Å². The van der Waals surface area contributed by atoms with Crippen molar-refractivity contribution < 1.29 is 9.59 Å². The number of fused-ring (bicyclic) bond motifs is 5. The van der Waals surface area contributed by atoms with E-state index in [4.69, 9.17) is 0 Å². The molecule has 2 amide bonds. The largest absolute Gasteiger partial charge is 0.274 e. The van der Waals surface area contributed by atoms with E-state index in [-0.39, 0.29) is 35.5 Å². The fourth-order valence-electron chi connectivity index (χ4n) is 5.77. The molecule has 4 aliphatic rings. The first-order valence-electron chi connectivity index (χ1n) is 8.94. The summed E-state index contributed by atoms with van der Waals surface area (Å²) in [5.74, 6) is 0.938. The van der Waals surface area contributed by atoms with E-state index in [1.165, 1.54) is 16.0 Å². The van der Waals surface area contributed by atoms with Gasteiger partial charge >= 0.3 is 0 Å². The van der Waals surface area contributed by atoms with Crippen molar-refractivity contribution in [3.8, 4) is 0 Å². The second kappa shape index (κ2) is 4.69. The fraction of sp³-hybridized carbons (Fsp3) is 0.429. The molecular weight excluding hydrogens is 298 g/mol. The van der Waals surface area contributed by atoms with Crippen molar-refractivity contribution in [2.75, 3.05) is 4.90 Å². The van der Waals surface area contributed by atoms with Crippen LogP contribution in [0.15, 0.2) is 53.6 Å². The molecule has 1 aromatic rings. The van der Waals surface area contributed by atoms with Gasteiger partial charge in [-0.1, -0.05) is 55.3 Å². The third-order valence-corrected chi connectivity index (χ3v) is 6.69. The molecule has 122 valence electrons. The normalized spacial score (nSPS) is 39.7. The molecule has 5 rings (SSSR count). The van der Waals surface area contributed by atoms with Gasteiger partial charge in [0.15, 0.2) is 0 Å². The molecule has 1 aromatic carbocycles. The SMILES string of the molecule is C[C@@H]1C2=C([C@H]3C=C[C@H]2C3)[C@H](C)[C@@H]2C(=O)N(c3ccccc3)C(=O)[C@@H]21. The molecule has 1 fully saturated rings. The van der Waals surface area contributed by atoms with E-state index < -0.39 is 0 Å². The summed E-state index contributed by atoms with van der Waals surface area (Å²) in [6.07, 6.45) is 5.77. The van der Waals surface area contributed by atoms with Crippen LogP contribution in [0.3, 0.4) is 0 Å². The van der Waals surface area contributed by atoms with Gasteiger partial charge in [-0.2, -0.15) is 0 Å². The summed E-state index contributed by atoms with van der Waals surface area (Å²) in [4.78, 5) is 27.8. The first-order valence-corrected chi connectivity index (χ1v) is 8.94. The van der Waals surface area contributed by atoms with Crippen molar-refractivity contribution in [2.45, 2.75) is 20.3 Å². The summed E-state index contributed by atoms with van der Waals surface area (Å²) in [7, 11) is 0. The zero-order chi connectivity index (χ0) is 16.6. The van der Waals surface area contributed by atoms with Gasteiger partial charge < -0.3 is 0 Å².